The van der Waals surface area contributed by atoms with Crippen LogP contribution in [0.2, 0.25) is 0 Å². The number of nitrogens with zero attached hydrogens (tertiary/aromatic N) is 1. The molecule has 0 aromatic heterocycles. The van der Waals surface area contributed by atoms with E-state index in [4.69, 9.17) is 0 Å². The number of piperidine rings is 1. The number of hydrogen-bond donors (Lipinski definition) is 1. The van der Waals surface area contributed by atoms with Crippen LogP contribution in [0.25, 0.3) is 0 Å². The molecule has 1 saturated heterocycles. The third kappa shape index (κ3) is 3.56. The number of benzene rings is 1. The Balaban J connectivity index is 1.94. The Morgan fingerprint density at radius 2 is 2.11 bits per heavy atom. The zero-order valence-electron chi connectivity index (χ0n) is 11.7. The van der Waals surface area contributed by atoms with Crippen molar-refractivity contribution in [3.8, 4) is 0 Å². The molecule has 1 N–H and O–H groups in total. The number of nitrogens with one attached hydrogen (secondary N) is 1. The van der Waals surface area contributed by atoms with Crippen LogP contribution in [-0.2, 0) is 0 Å². The summed E-state index contributed by atoms with van der Waals surface area (Å²) in [5.41, 5.74) is 1.40. The molecular formula is C16H26N2. The molecule has 0 aliphatic carbocycles. The summed E-state index contributed by atoms with van der Waals surface area (Å²) >= 11 is 0. The summed E-state index contributed by atoms with van der Waals surface area (Å²) in [6.45, 7) is 6.00. The van der Waals surface area contributed by atoms with Gasteiger partial charge in [-0.2, -0.15) is 0 Å². The minimum absolute atomic E-state index is 0.460. The van der Waals surface area contributed by atoms with Crippen LogP contribution in [0.5, 0.6) is 0 Å². The molecule has 1 heterocycles. The van der Waals surface area contributed by atoms with Crippen LogP contribution in [0.3, 0.4) is 0 Å². The van der Waals surface area contributed by atoms with Gasteiger partial charge in [0.1, 0.15) is 0 Å². The van der Waals surface area contributed by atoms with E-state index < -0.39 is 0 Å². The van der Waals surface area contributed by atoms with E-state index in [0.717, 1.165) is 12.5 Å². The Kier molecular flexibility index (Phi) is 5.21. The average molecular weight is 246 g/mol. The zero-order chi connectivity index (χ0) is 12.8. The summed E-state index contributed by atoms with van der Waals surface area (Å²) in [7, 11) is 2.07. The number of hydrogen-bond acceptors (Lipinski definition) is 2. The van der Waals surface area contributed by atoms with Crippen molar-refractivity contribution in [3.05, 3.63) is 35.9 Å². The minimum Gasteiger partial charge on any atom is -0.312 e. The van der Waals surface area contributed by atoms with E-state index in [0.29, 0.717) is 6.04 Å². The van der Waals surface area contributed by atoms with Gasteiger partial charge < -0.3 is 10.2 Å². The van der Waals surface area contributed by atoms with Gasteiger partial charge in [0.25, 0.3) is 0 Å². The topological polar surface area (TPSA) is 15.3 Å². The van der Waals surface area contributed by atoms with Gasteiger partial charge in [0, 0.05) is 19.1 Å². The van der Waals surface area contributed by atoms with Crippen LogP contribution in [-0.4, -0.2) is 31.6 Å². The second kappa shape index (κ2) is 6.91. The zero-order valence-corrected chi connectivity index (χ0v) is 11.7. The third-order valence-electron chi connectivity index (χ3n) is 4.17. The maximum atomic E-state index is 3.46. The summed E-state index contributed by atoms with van der Waals surface area (Å²) in [4.78, 5) is 2.63. The molecule has 2 atom stereocenters. The Labute approximate surface area is 111 Å². The van der Waals surface area contributed by atoms with Crippen molar-refractivity contribution in [1.29, 1.82) is 0 Å². The van der Waals surface area contributed by atoms with Gasteiger partial charge in [-0.3, -0.25) is 0 Å². The van der Waals surface area contributed by atoms with Gasteiger partial charge in [0.15, 0.2) is 0 Å². The number of likely N-dealkylation sites (N-methyl/N-ethyl adjacent to an activating group) is 1. The minimum atomic E-state index is 0.460. The van der Waals surface area contributed by atoms with Crippen molar-refractivity contribution in [2.24, 2.45) is 5.92 Å². The maximum Gasteiger partial charge on any atom is 0.0446 e. The fourth-order valence-corrected chi connectivity index (χ4v) is 2.96. The van der Waals surface area contributed by atoms with Gasteiger partial charge in [-0.25, -0.2) is 0 Å². The van der Waals surface area contributed by atoms with Crippen LogP contribution >= 0.6 is 0 Å². The number of rotatable bonds is 5. The smallest absolute Gasteiger partial charge is 0.0446 e. The van der Waals surface area contributed by atoms with E-state index in [1.54, 1.807) is 0 Å². The van der Waals surface area contributed by atoms with Gasteiger partial charge >= 0.3 is 0 Å². The number of likely N-dealkylation sites (tertiary alicyclic amines) is 1. The van der Waals surface area contributed by atoms with Crippen molar-refractivity contribution in [2.45, 2.75) is 32.2 Å². The average Bonchev–Trinajstić information content (AvgIpc) is 2.46. The van der Waals surface area contributed by atoms with Crippen LogP contribution in [0.15, 0.2) is 30.3 Å². The molecule has 1 aromatic carbocycles. The second-order valence-corrected chi connectivity index (χ2v) is 5.43. The molecule has 2 rings (SSSR count). The Bertz CT molecular complexity index is 336. The van der Waals surface area contributed by atoms with E-state index in [9.17, 15) is 0 Å². The molecule has 0 bridgehead atoms. The van der Waals surface area contributed by atoms with E-state index in [1.807, 2.05) is 0 Å². The lowest BCUT2D eigenvalue weighted by molar-refractivity contribution is 0.158. The largest absolute Gasteiger partial charge is 0.312 e. The van der Waals surface area contributed by atoms with Gasteiger partial charge in [-0.1, -0.05) is 43.7 Å². The molecule has 1 fully saturated rings. The first-order valence-corrected chi connectivity index (χ1v) is 7.28. The first kappa shape index (κ1) is 13.6. The van der Waals surface area contributed by atoms with E-state index in [1.165, 1.54) is 37.9 Å². The van der Waals surface area contributed by atoms with Crippen LogP contribution < -0.4 is 5.32 Å². The molecule has 1 aromatic rings. The van der Waals surface area contributed by atoms with Crippen molar-refractivity contribution in [1.82, 2.24) is 10.2 Å². The molecule has 2 unspecified atom stereocenters. The van der Waals surface area contributed by atoms with Gasteiger partial charge in [-0.05, 0) is 37.9 Å². The van der Waals surface area contributed by atoms with E-state index in [2.05, 4.69) is 54.5 Å². The highest BCUT2D eigenvalue weighted by Gasteiger charge is 2.21. The highest BCUT2D eigenvalue weighted by Crippen LogP contribution is 2.22. The molecule has 18 heavy (non-hydrogen) atoms. The SMILES string of the molecule is CCC1CCCN(CC(NC)c2ccccc2)C1. The Morgan fingerprint density at radius 1 is 1.33 bits per heavy atom. The molecule has 2 nitrogen and oxygen atoms in total. The molecule has 1 aliphatic heterocycles. The predicted molar refractivity (Wildman–Crippen MR) is 77.7 cm³/mol. The summed E-state index contributed by atoms with van der Waals surface area (Å²) < 4.78 is 0. The van der Waals surface area contributed by atoms with Gasteiger partial charge in [0.2, 0.25) is 0 Å². The van der Waals surface area contributed by atoms with Crippen LogP contribution in [0.1, 0.15) is 37.8 Å². The Hall–Kier alpha value is -0.860. The van der Waals surface area contributed by atoms with Gasteiger partial charge in [-0.15, -0.1) is 0 Å². The lowest BCUT2D eigenvalue weighted by atomic mass is 9.95. The molecule has 2 heteroatoms. The van der Waals surface area contributed by atoms with Gasteiger partial charge in [0.05, 0.1) is 0 Å². The second-order valence-electron chi connectivity index (χ2n) is 5.43. The normalized spacial score (nSPS) is 22.9. The first-order valence-electron chi connectivity index (χ1n) is 7.28. The van der Waals surface area contributed by atoms with Crippen molar-refractivity contribution in [2.75, 3.05) is 26.7 Å². The summed E-state index contributed by atoms with van der Waals surface area (Å²) in [5.74, 6) is 0.909. The summed E-state index contributed by atoms with van der Waals surface area (Å²) in [6.07, 6.45) is 4.11. The lowest BCUT2D eigenvalue weighted by Gasteiger charge is -2.34. The fraction of sp³-hybridized carbons (Fsp3) is 0.625. The molecule has 0 saturated carbocycles. The fourth-order valence-electron chi connectivity index (χ4n) is 2.96. The molecule has 0 amide bonds. The van der Waals surface area contributed by atoms with E-state index in [-0.39, 0.29) is 0 Å². The molecule has 0 radical (unpaired) electrons. The molecule has 0 spiro atoms. The summed E-state index contributed by atoms with van der Waals surface area (Å²) in [5, 5.41) is 3.46. The molecular weight excluding hydrogens is 220 g/mol. The van der Waals surface area contributed by atoms with Crippen molar-refractivity contribution >= 4 is 0 Å². The highest BCUT2D eigenvalue weighted by atomic mass is 15.2. The lowest BCUT2D eigenvalue weighted by Crippen LogP contribution is -2.40. The van der Waals surface area contributed by atoms with Crippen molar-refractivity contribution < 1.29 is 0 Å². The standard InChI is InChI=1S/C16H26N2/c1-3-14-8-7-11-18(12-14)13-16(17-2)15-9-5-4-6-10-15/h4-6,9-10,14,16-17H,3,7-8,11-13H2,1-2H3. The summed E-state index contributed by atoms with van der Waals surface area (Å²) in [6, 6.07) is 11.3. The first-order chi connectivity index (χ1) is 8.83. The van der Waals surface area contributed by atoms with E-state index >= 15 is 0 Å². The van der Waals surface area contributed by atoms with Crippen LogP contribution in [0, 0.1) is 5.92 Å². The highest BCUT2D eigenvalue weighted by molar-refractivity contribution is 5.19. The maximum absolute atomic E-state index is 3.46. The molecule has 1 aliphatic rings. The third-order valence-corrected chi connectivity index (χ3v) is 4.17. The molecule has 100 valence electrons. The Morgan fingerprint density at radius 3 is 2.78 bits per heavy atom. The monoisotopic (exact) mass is 246 g/mol. The van der Waals surface area contributed by atoms with Crippen molar-refractivity contribution in [3.63, 3.8) is 0 Å². The van der Waals surface area contributed by atoms with Crippen LogP contribution in [0.4, 0.5) is 0 Å². The quantitative estimate of drug-likeness (QED) is 0.859. The predicted octanol–water partition coefficient (Wildman–Crippen LogP) is 3.07.